The molecule has 7 heteroatoms. The maximum Gasteiger partial charge on any atom is 0.416 e. The number of rotatable bonds is 4. The first-order valence-electron chi connectivity index (χ1n) is 9.06. The highest BCUT2D eigenvalue weighted by molar-refractivity contribution is 5.79. The van der Waals surface area contributed by atoms with Crippen molar-refractivity contribution in [2.45, 2.75) is 25.4 Å². The largest absolute Gasteiger partial charge is 0.416 e. The Balaban J connectivity index is 1.78. The van der Waals surface area contributed by atoms with E-state index in [1.165, 1.54) is 12.1 Å². The third-order valence-electron chi connectivity index (χ3n) is 4.57. The lowest BCUT2D eigenvalue weighted by atomic mass is 9.96. The number of hydrogen-bond acceptors (Lipinski definition) is 2. The van der Waals surface area contributed by atoms with Gasteiger partial charge >= 0.3 is 6.18 Å². The van der Waals surface area contributed by atoms with Gasteiger partial charge in [-0.3, -0.25) is 4.99 Å². The molecule has 0 aromatic heterocycles. The summed E-state index contributed by atoms with van der Waals surface area (Å²) in [5.41, 5.74) is -0.120. The number of ether oxygens (including phenoxy) is 1. The van der Waals surface area contributed by atoms with Crippen molar-refractivity contribution in [3.05, 3.63) is 35.4 Å². The van der Waals surface area contributed by atoms with E-state index in [-0.39, 0.29) is 0 Å². The Morgan fingerprint density at radius 2 is 1.93 bits per heavy atom. The van der Waals surface area contributed by atoms with Gasteiger partial charge in [-0.25, -0.2) is 0 Å². The molecule has 0 unspecified atom stereocenters. The molecule has 1 fully saturated rings. The normalized spacial score (nSPS) is 15.8. The first kappa shape index (κ1) is 21.1. The van der Waals surface area contributed by atoms with Crippen LogP contribution in [0.4, 0.5) is 13.2 Å². The first-order valence-corrected chi connectivity index (χ1v) is 9.06. The highest BCUT2D eigenvalue weighted by atomic mass is 19.4. The Kier molecular flexibility index (Phi) is 7.99. The SMILES string of the molecule is CN=C(NCC#Cc1ccc(C(F)(F)F)cc1)N(C)CCC1CCOCC1. The lowest BCUT2D eigenvalue weighted by molar-refractivity contribution is -0.137. The van der Waals surface area contributed by atoms with Gasteiger partial charge in [-0.15, -0.1) is 0 Å². The highest BCUT2D eigenvalue weighted by Gasteiger charge is 2.29. The summed E-state index contributed by atoms with van der Waals surface area (Å²) in [7, 11) is 3.70. The van der Waals surface area contributed by atoms with Crippen molar-refractivity contribution >= 4 is 5.96 Å². The van der Waals surface area contributed by atoms with Gasteiger partial charge in [0.15, 0.2) is 5.96 Å². The quantitative estimate of drug-likeness (QED) is 0.494. The molecule has 1 heterocycles. The molecule has 2 rings (SSSR count). The molecule has 1 N–H and O–H groups in total. The van der Waals surface area contributed by atoms with Crippen LogP contribution in [-0.4, -0.2) is 51.3 Å². The average molecular weight is 381 g/mol. The Morgan fingerprint density at radius 3 is 2.52 bits per heavy atom. The summed E-state index contributed by atoms with van der Waals surface area (Å²) in [4.78, 5) is 6.31. The molecular weight excluding hydrogens is 355 g/mol. The number of benzene rings is 1. The van der Waals surface area contributed by atoms with Crippen molar-refractivity contribution < 1.29 is 17.9 Å². The maximum absolute atomic E-state index is 12.5. The summed E-state index contributed by atoms with van der Waals surface area (Å²) >= 11 is 0. The topological polar surface area (TPSA) is 36.9 Å². The third-order valence-corrected chi connectivity index (χ3v) is 4.57. The number of nitrogens with one attached hydrogen (secondary N) is 1. The minimum atomic E-state index is -4.32. The van der Waals surface area contributed by atoms with Crippen LogP contribution in [0.2, 0.25) is 0 Å². The van der Waals surface area contributed by atoms with Crippen LogP contribution in [0.1, 0.15) is 30.4 Å². The molecule has 4 nitrogen and oxygen atoms in total. The van der Waals surface area contributed by atoms with E-state index in [4.69, 9.17) is 4.74 Å². The number of hydrogen-bond donors (Lipinski definition) is 1. The lowest BCUT2D eigenvalue weighted by Gasteiger charge is -2.26. The van der Waals surface area contributed by atoms with Crippen LogP contribution < -0.4 is 5.32 Å². The molecule has 1 aliphatic heterocycles. The van der Waals surface area contributed by atoms with Crippen LogP contribution in [0.25, 0.3) is 0 Å². The fourth-order valence-electron chi connectivity index (χ4n) is 2.91. The van der Waals surface area contributed by atoms with E-state index in [9.17, 15) is 13.2 Å². The second kappa shape index (κ2) is 10.2. The minimum absolute atomic E-state index is 0.370. The molecule has 1 saturated heterocycles. The summed E-state index contributed by atoms with van der Waals surface area (Å²) < 4.78 is 43.0. The Bertz CT molecular complexity index is 668. The maximum atomic E-state index is 12.5. The molecule has 0 bridgehead atoms. The number of halogens is 3. The van der Waals surface area contributed by atoms with Crippen LogP contribution in [0.5, 0.6) is 0 Å². The number of alkyl halides is 3. The second-order valence-corrected chi connectivity index (χ2v) is 6.54. The minimum Gasteiger partial charge on any atom is -0.381 e. The molecule has 27 heavy (non-hydrogen) atoms. The van der Waals surface area contributed by atoms with Crippen LogP contribution >= 0.6 is 0 Å². The average Bonchev–Trinajstić information content (AvgIpc) is 2.66. The Hall–Kier alpha value is -2.20. The van der Waals surface area contributed by atoms with Crippen molar-refractivity contribution in [2.75, 3.05) is 40.4 Å². The van der Waals surface area contributed by atoms with E-state index in [2.05, 4.69) is 27.0 Å². The molecule has 0 radical (unpaired) electrons. The van der Waals surface area contributed by atoms with E-state index in [0.717, 1.165) is 57.1 Å². The van der Waals surface area contributed by atoms with Crippen molar-refractivity contribution in [1.82, 2.24) is 10.2 Å². The summed E-state index contributed by atoms with van der Waals surface area (Å²) in [6.45, 7) is 2.97. The Morgan fingerprint density at radius 1 is 1.26 bits per heavy atom. The first-order chi connectivity index (χ1) is 12.9. The molecular formula is C20H26F3N3O. The number of guanidine groups is 1. The molecule has 0 amide bonds. The predicted octanol–water partition coefficient (Wildman–Crippen LogP) is 3.38. The van der Waals surface area contributed by atoms with Gasteiger partial charge in [0.05, 0.1) is 12.1 Å². The van der Waals surface area contributed by atoms with E-state index in [0.29, 0.717) is 18.0 Å². The predicted molar refractivity (Wildman–Crippen MR) is 100 cm³/mol. The van der Waals surface area contributed by atoms with Crippen LogP contribution in [0, 0.1) is 17.8 Å². The van der Waals surface area contributed by atoms with Crippen molar-refractivity contribution in [3.63, 3.8) is 0 Å². The van der Waals surface area contributed by atoms with Gasteiger partial charge in [-0.2, -0.15) is 13.2 Å². The lowest BCUT2D eigenvalue weighted by Crippen LogP contribution is -2.40. The smallest absolute Gasteiger partial charge is 0.381 e. The number of nitrogens with zero attached hydrogens (tertiary/aromatic N) is 2. The van der Waals surface area contributed by atoms with Gasteiger partial charge in [-0.1, -0.05) is 11.8 Å². The molecule has 0 atom stereocenters. The van der Waals surface area contributed by atoms with Crippen LogP contribution in [0.15, 0.2) is 29.3 Å². The van der Waals surface area contributed by atoms with Gasteiger partial charge < -0.3 is 15.0 Å². The third kappa shape index (κ3) is 7.14. The fraction of sp³-hybridized carbons (Fsp3) is 0.550. The zero-order chi connectivity index (χ0) is 19.7. The Labute approximate surface area is 158 Å². The molecule has 0 saturated carbocycles. The molecule has 1 aliphatic rings. The number of aliphatic imine (C=N–C) groups is 1. The summed E-state index contributed by atoms with van der Waals surface area (Å²) in [6, 6.07) is 4.84. The van der Waals surface area contributed by atoms with Gasteiger partial charge in [0.1, 0.15) is 0 Å². The van der Waals surface area contributed by atoms with Gasteiger partial charge in [0.25, 0.3) is 0 Å². The van der Waals surface area contributed by atoms with Gasteiger partial charge in [-0.05, 0) is 49.4 Å². The molecule has 1 aromatic carbocycles. The van der Waals surface area contributed by atoms with E-state index < -0.39 is 11.7 Å². The van der Waals surface area contributed by atoms with Crippen LogP contribution in [0.3, 0.4) is 0 Å². The van der Waals surface area contributed by atoms with E-state index >= 15 is 0 Å². The van der Waals surface area contributed by atoms with Crippen LogP contribution in [-0.2, 0) is 10.9 Å². The van der Waals surface area contributed by atoms with Gasteiger partial charge in [0.2, 0.25) is 0 Å². The standard InChI is InChI=1S/C20H26F3N3O/c1-24-19(26(2)13-9-17-10-14-27-15-11-17)25-12-3-4-16-5-7-18(8-6-16)20(21,22)23/h5-8,17H,9-15H2,1-2H3,(H,24,25). The second-order valence-electron chi connectivity index (χ2n) is 6.54. The van der Waals surface area contributed by atoms with Crippen molar-refractivity contribution in [2.24, 2.45) is 10.9 Å². The zero-order valence-electron chi connectivity index (χ0n) is 15.8. The molecule has 0 spiro atoms. The van der Waals surface area contributed by atoms with E-state index in [1.807, 2.05) is 7.05 Å². The fourth-order valence-corrected chi connectivity index (χ4v) is 2.91. The summed E-state index contributed by atoms with van der Waals surface area (Å²) in [6.07, 6.45) is -1.01. The van der Waals surface area contributed by atoms with Gasteiger partial charge in [0, 0.05) is 39.4 Å². The molecule has 1 aromatic rings. The molecule has 148 valence electrons. The summed E-state index contributed by atoms with van der Waals surface area (Å²) in [5.74, 6) is 7.22. The monoisotopic (exact) mass is 381 g/mol. The van der Waals surface area contributed by atoms with E-state index in [1.54, 1.807) is 7.05 Å². The summed E-state index contributed by atoms with van der Waals surface area (Å²) in [5, 5.41) is 3.16. The van der Waals surface area contributed by atoms with Crippen molar-refractivity contribution in [3.8, 4) is 11.8 Å². The highest BCUT2D eigenvalue weighted by Crippen LogP contribution is 2.28. The zero-order valence-corrected chi connectivity index (χ0v) is 15.8. The van der Waals surface area contributed by atoms with Crippen molar-refractivity contribution in [1.29, 1.82) is 0 Å². The molecule has 0 aliphatic carbocycles.